The molecule has 0 heterocycles. The molecule has 0 saturated carbocycles. The predicted molar refractivity (Wildman–Crippen MR) is 96.9 cm³/mol. The number of hydrogen-bond acceptors (Lipinski definition) is 3. The first-order valence-electron chi connectivity index (χ1n) is 8.04. The van der Waals surface area contributed by atoms with Gasteiger partial charge >= 0.3 is 0 Å². The molecule has 2 aromatic carbocycles. The molecule has 5 heteroatoms. The first kappa shape index (κ1) is 17.5. The predicted octanol–water partition coefficient (Wildman–Crippen LogP) is 3.07. The number of hydrogen-bond donors (Lipinski definition) is 3. The molecule has 24 heavy (non-hydrogen) atoms. The lowest BCUT2D eigenvalue weighted by atomic mass is 10.1. The summed E-state index contributed by atoms with van der Waals surface area (Å²) in [4.78, 5) is 23.5. The summed E-state index contributed by atoms with van der Waals surface area (Å²) >= 11 is 0. The Balaban J connectivity index is 1.88. The number of benzene rings is 2. The zero-order chi connectivity index (χ0) is 17.4. The molecule has 0 saturated heterocycles. The van der Waals surface area contributed by atoms with E-state index in [-0.39, 0.29) is 18.4 Å². The summed E-state index contributed by atoms with van der Waals surface area (Å²) in [6.07, 6.45) is 0.430. The minimum Gasteiger partial charge on any atom is -0.376 e. The highest BCUT2D eigenvalue weighted by molar-refractivity contribution is 5.92. The Morgan fingerprint density at radius 3 is 2.33 bits per heavy atom. The summed E-state index contributed by atoms with van der Waals surface area (Å²) in [5.74, 6) is -0.114. The third kappa shape index (κ3) is 5.12. The second kappa shape index (κ2) is 8.72. The molecule has 2 rings (SSSR count). The molecule has 0 aromatic heterocycles. The number of anilines is 2. The van der Waals surface area contributed by atoms with Crippen molar-refractivity contribution >= 4 is 23.2 Å². The lowest BCUT2D eigenvalue weighted by Crippen LogP contribution is -2.29. The zero-order valence-corrected chi connectivity index (χ0v) is 14.1. The van der Waals surface area contributed by atoms with Gasteiger partial charge < -0.3 is 16.0 Å². The van der Waals surface area contributed by atoms with Gasteiger partial charge in [-0.3, -0.25) is 9.59 Å². The summed E-state index contributed by atoms with van der Waals surface area (Å²) < 4.78 is 0. The van der Waals surface area contributed by atoms with Crippen LogP contribution in [-0.4, -0.2) is 18.4 Å². The van der Waals surface area contributed by atoms with Gasteiger partial charge in [0.15, 0.2) is 0 Å². The molecule has 2 amide bonds. The molecule has 126 valence electrons. The number of carbonyl (C=O) groups is 2. The van der Waals surface area contributed by atoms with Crippen molar-refractivity contribution in [3.63, 3.8) is 0 Å². The largest absolute Gasteiger partial charge is 0.376 e. The van der Waals surface area contributed by atoms with E-state index in [0.29, 0.717) is 13.0 Å². The molecule has 0 unspecified atom stereocenters. The fourth-order valence-corrected chi connectivity index (χ4v) is 2.24. The highest BCUT2D eigenvalue weighted by Crippen LogP contribution is 2.23. The fraction of sp³-hybridized carbons (Fsp3) is 0.263. The molecule has 0 atom stereocenters. The van der Waals surface area contributed by atoms with E-state index in [9.17, 15) is 9.59 Å². The van der Waals surface area contributed by atoms with Gasteiger partial charge in [0.1, 0.15) is 0 Å². The first-order chi connectivity index (χ1) is 11.6. The van der Waals surface area contributed by atoms with Crippen molar-refractivity contribution in [1.29, 1.82) is 0 Å². The normalized spacial score (nSPS) is 10.1. The third-order valence-electron chi connectivity index (χ3n) is 3.70. The molecule has 0 aliphatic carbocycles. The van der Waals surface area contributed by atoms with Crippen molar-refractivity contribution in [2.24, 2.45) is 0 Å². The van der Waals surface area contributed by atoms with Crippen molar-refractivity contribution in [2.75, 3.05) is 17.2 Å². The van der Waals surface area contributed by atoms with Crippen LogP contribution in [0.2, 0.25) is 0 Å². The highest BCUT2D eigenvalue weighted by Gasteiger charge is 2.08. The molecule has 0 fully saturated rings. The standard InChI is InChI=1S/C19H23N3O2/c1-3-18(23)22-17-11-7-10-16(14(17)2)20-13-19(24)21-12-15-8-5-4-6-9-15/h4-11,20H,3,12-13H2,1-2H3,(H,21,24)(H,22,23). The van der Waals surface area contributed by atoms with Crippen LogP contribution in [-0.2, 0) is 16.1 Å². The molecule has 0 spiro atoms. The van der Waals surface area contributed by atoms with E-state index in [2.05, 4.69) is 16.0 Å². The SMILES string of the molecule is CCC(=O)Nc1cccc(NCC(=O)NCc2ccccc2)c1C. The van der Waals surface area contributed by atoms with E-state index in [1.165, 1.54) is 0 Å². The molecular weight excluding hydrogens is 302 g/mol. The molecule has 3 N–H and O–H groups in total. The number of amides is 2. The van der Waals surface area contributed by atoms with E-state index < -0.39 is 0 Å². The molecular formula is C19H23N3O2. The Morgan fingerprint density at radius 2 is 1.62 bits per heavy atom. The van der Waals surface area contributed by atoms with Crippen LogP contribution in [0.4, 0.5) is 11.4 Å². The van der Waals surface area contributed by atoms with Gasteiger partial charge in [-0.15, -0.1) is 0 Å². The minimum absolute atomic E-state index is 0.0316. The highest BCUT2D eigenvalue weighted by atomic mass is 16.2. The number of nitrogens with one attached hydrogen (secondary N) is 3. The van der Waals surface area contributed by atoms with E-state index in [0.717, 1.165) is 22.5 Å². The van der Waals surface area contributed by atoms with Gasteiger partial charge in [0, 0.05) is 24.3 Å². The average molecular weight is 325 g/mol. The molecule has 5 nitrogen and oxygen atoms in total. The minimum atomic E-state index is -0.0822. The van der Waals surface area contributed by atoms with Gasteiger partial charge in [0.05, 0.1) is 6.54 Å². The maximum Gasteiger partial charge on any atom is 0.239 e. The lowest BCUT2D eigenvalue weighted by Gasteiger charge is -2.14. The van der Waals surface area contributed by atoms with Gasteiger partial charge in [-0.05, 0) is 30.2 Å². The summed E-state index contributed by atoms with van der Waals surface area (Å²) in [6, 6.07) is 15.4. The Hall–Kier alpha value is -2.82. The number of carbonyl (C=O) groups excluding carboxylic acids is 2. The quantitative estimate of drug-likeness (QED) is 0.733. The molecule has 0 bridgehead atoms. The maximum absolute atomic E-state index is 12.0. The van der Waals surface area contributed by atoms with Crippen LogP contribution in [0.1, 0.15) is 24.5 Å². The van der Waals surface area contributed by atoms with Crippen molar-refractivity contribution in [3.05, 3.63) is 59.7 Å². The van der Waals surface area contributed by atoms with E-state index in [1.807, 2.05) is 62.4 Å². The van der Waals surface area contributed by atoms with Crippen molar-refractivity contribution in [1.82, 2.24) is 5.32 Å². The average Bonchev–Trinajstić information content (AvgIpc) is 2.61. The first-order valence-corrected chi connectivity index (χ1v) is 8.04. The Kier molecular flexibility index (Phi) is 6.37. The van der Waals surface area contributed by atoms with Crippen LogP contribution in [0, 0.1) is 6.92 Å². The van der Waals surface area contributed by atoms with Crippen LogP contribution in [0.5, 0.6) is 0 Å². The van der Waals surface area contributed by atoms with E-state index >= 15 is 0 Å². The van der Waals surface area contributed by atoms with Crippen LogP contribution in [0.3, 0.4) is 0 Å². The summed E-state index contributed by atoms with van der Waals surface area (Å²) in [7, 11) is 0. The summed E-state index contributed by atoms with van der Waals surface area (Å²) in [5, 5.41) is 8.85. The maximum atomic E-state index is 12.0. The molecule has 0 radical (unpaired) electrons. The number of rotatable bonds is 7. The van der Waals surface area contributed by atoms with E-state index in [1.54, 1.807) is 0 Å². The Bertz CT molecular complexity index is 699. The van der Waals surface area contributed by atoms with Crippen LogP contribution >= 0.6 is 0 Å². The van der Waals surface area contributed by atoms with Crippen LogP contribution < -0.4 is 16.0 Å². The Labute approximate surface area is 142 Å². The van der Waals surface area contributed by atoms with E-state index in [4.69, 9.17) is 0 Å². The van der Waals surface area contributed by atoms with Crippen molar-refractivity contribution in [3.8, 4) is 0 Å². The molecule has 0 aliphatic rings. The van der Waals surface area contributed by atoms with Gasteiger partial charge in [0.2, 0.25) is 11.8 Å². The van der Waals surface area contributed by atoms with Crippen LogP contribution in [0.25, 0.3) is 0 Å². The van der Waals surface area contributed by atoms with Gasteiger partial charge in [-0.25, -0.2) is 0 Å². The third-order valence-corrected chi connectivity index (χ3v) is 3.70. The second-order valence-electron chi connectivity index (χ2n) is 5.50. The van der Waals surface area contributed by atoms with Gasteiger partial charge in [-0.2, -0.15) is 0 Å². The lowest BCUT2D eigenvalue weighted by molar-refractivity contribution is -0.119. The zero-order valence-electron chi connectivity index (χ0n) is 14.1. The second-order valence-corrected chi connectivity index (χ2v) is 5.50. The van der Waals surface area contributed by atoms with Gasteiger partial charge in [0.25, 0.3) is 0 Å². The monoisotopic (exact) mass is 325 g/mol. The van der Waals surface area contributed by atoms with Gasteiger partial charge in [-0.1, -0.05) is 43.3 Å². The Morgan fingerprint density at radius 1 is 0.917 bits per heavy atom. The topological polar surface area (TPSA) is 70.2 Å². The molecule has 0 aliphatic heterocycles. The van der Waals surface area contributed by atoms with Crippen molar-refractivity contribution in [2.45, 2.75) is 26.8 Å². The molecule has 2 aromatic rings. The summed E-state index contributed by atoms with van der Waals surface area (Å²) in [6.45, 7) is 4.41. The van der Waals surface area contributed by atoms with Crippen molar-refractivity contribution < 1.29 is 9.59 Å². The van der Waals surface area contributed by atoms with Crippen LogP contribution in [0.15, 0.2) is 48.5 Å². The fourth-order valence-electron chi connectivity index (χ4n) is 2.24. The smallest absolute Gasteiger partial charge is 0.239 e. The summed E-state index contributed by atoms with van der Waals surface area (Å²) in [5.41, 5.74) is 3.57.